The predicted octanol–water partition coefficient (Wildman–Crippen LogP) is 1.79. The van der Waals surface area contributed by atoms with Gasteiger partial charge in [0.15, 0.2) is 0 Å². The number of benzene rings is 1. The zero-order chi connectivity index (χ0) is 11.1. The van der Waals surface area contributed by atoms with Crippen molar-refractivity contribution in [2.75, 3.05) is 0 Å². The van der Waals surface area contributed by atoms with E-state index in [9.17, 15) is 4.79 Å². The molecule has 2 atom stereocenters. The maximum Gasteiger partial charge on any atom is 0.252 e. The molecule has 3 heteroatoms. The molecule has 0 bridgehead atoms. The van der Waals surface area contributed by atoms with E-state index in [-0.39, 0.29) is 17.9 Å². The van der Waals surface area contributed by atoms with Crippen molar-refractivity contribution >= 4 is 12.1 Å². The molecule has 80 valence electrons. The van der Waals surface area contributed by atoms with Crippen LogP contribution in [0.3, 0.4) is 0 Å². The van der Waals surface area contributed by atoms with Gasteiger partial charge in [-0.1, -0.05) is 18.2 Å². The maximum atomic E-state index is 12.0. The minimum atomic E-state index is 0.0225. The molecule has 1 N–H and O–H groups in total. The lowest BCUT2D eigenvalue weighted by Crippen LogP contribution is -2.44. The number of nitrogens with zero attached hydrogens (tertiary/aromatic N) is 1. The van der Waals surface area contributed by atoms with Crippen molar-refractivity contribution < 1.29 is 4.79 Å². The number of carbonyl (C=O) groups is 1. The van der Waals surface area contributed by atoms with Gasteiger partial charge in [-0.15, -0.1) is 0 Å². The third kappa shape index (κ3) is 1.21. The third-order valence-electron chi connectivity index (χ3n) is 3.20. The second-order valence-electron chi connectivity index (χ2n) is 4.20. The number of aliphatic imine (C=N–C) groups is 1. The largest absolute Gasteiger partial charge is 0.345 e. The quantitative estimate of drug-likeness (QED) is 0.699. The molecule has 1 aromatic carbocycles. The first-order valence-corrected chi connectivity index (χ1v) is 5.38. The summed E-state index contributed by atoms with van der Waals surface area (Å²) in [5.41, 5.74) is 2.92. The second kappa shape index (κ2) is 3.30. The van der Waals surface area contributed by atoms with E-state index in [4.69, 9.17) is 0 Å². The van der Waals surface area contributed by atoms with Gasteiger partial charge in [-0.25, -0.2) is 0 Å². The van der Waals surface area contributed by atoms with Gasteiger partial charge in [0.05, 0.1) is 6.04 Å². The molecule has 0 saturated heterocycles. The van der Waals surface area contributed by atoms with Crippen LogP contribution >= 0.6 is 0 Å². The van der Waals surface area contributed by atoms with Crippen molar-refractivity contribution in [3.63, 3.8) is 0 Å². The van der Waals surface area contributed by atoms with Crippen LogP contribution in [0.15, 0.2) is 35.5 Å². The molecule has 0 saturated carbocycles. The first-order chi connectivity index (χ1) is 7.77. The summed E-state index contributed by atoms with van der Waals surface area (Å²) in [6, 6.07) is 6.04. The van der Waals surface area contributed by atoms with Gasteiger partial charge in [-0.05, 0) is 24.1 Å². The van der Waals surface area contributed by atoms with Gasteiger partial charge in [0.25, 0.3) is 5.91 Å². The lowest BCUT2D eigenvalue weighted by Gasteiger charge is -2.31. The Labute approximate surface area is 93.9 Å². The van der Waals surface area contributed by atoms with Crippen molar-refractivity contribution in [3.05, 3.63) is 47.2 Å². The molecule has 1 aromatic rings. The van der Waals surface area contributed by atoms with Gasteiger partial charge < -0.3 is 5.32 Å². The van der Waals surface area contributed by atoms with Crippen molar-refractivity contribution in [2.45, 2.75) is 18.9 Å². The van der Waals surface area contributed by atoms with E-state index >= 15 is 0 Å². The van der Waals surface area contributed by atoms with E-state index in [1.165, 1.54) is 0 Å². The monoisotopic (exact) mass is 212 g/mol. The summed E-state index contributed by atoms with van der Waals surface area (Å²) < 4.78 is 0. The fourth-order valence-corrected chi connectivity index (χ4v) is 2.41. The van der Waals surface area contributed by atoms with Gasteiger partial charge in [-0.3, -0.25) is 9.79 Å². The number of amides is 1. The molecule has 0 aliphatic carbocycles. The number of fused-ring (bicyclic) bond motifs is 3. The molecule has 1 amide bonds. The first kappa shape index (κ1) is 9.33. The minimum Gasteiger partial charge on any atom is -0.345 e. The Bertz CT molecular complexity index is 517. The number of nitrogens with one attached hydrogen (secondary N) is 1. The Morgan fingerprint density at radius 1 is 1.38 bits per heavy atom. The van der Waals surface area contributed by atoms with Crippen LogP contribution in [-0.4, -0.2) is 18.2 Å². The number of rotatable bonds is 0. The van der Waals surface area contributed by atoms with Crippen LogP contribution in [-0.2, 0) is 0 Å². The SMILES string of the molecule is Cc1cccc2c1C(=O)N[C@@H]1C=CN=C[C@@H]21. The van der Waals surface area contributed by atoms with E-state index in [2.05, 4.69) is 10.3 Å². The van der Waals surface area contributed by atoms with Gasteiger partial charge >= 0.3 is 0 Å². The zero-order valence-electron chi connectivity index (χ0n) is 8.97. The maximum absolute atomic E-state index is 12.0. The summed E-state index contributed by atoms with van der Waals surface area (Å²) in [5.74, 6) is 0.201. The second-order valence-corrected chi connectivity index (χ2v) is 4.20. The van der Waals surface area contributed by atoms with Crippen molar-refractivity contribution in [1.29, 1.82) is 0 Å². The van der Waals surface area contributed by atoms with E-state index in [0.717, 1.165) is 16.7 Å². The molecule has 3 nitrogen and oxygen atoms in total. The summed E-state index contributed by atoms with van der Waals surface area (Å²) in [6.07, 6.45) is 5.58. The fourth-order valence-electron chi connectivity index (χ4n) is 2.41. The summed E-state index contributed by atoms with van der Waals surface area (Å²) >= 11 is 0. The molecule has 2 heterocycles. The standard InChI is InChI=1S/C13H12N2O/c1-8-3-2-4-9-10-7-14-6-5-11(10)15-13(16)12(8)9/h2-7,10-11H,1H3,(H,15,16)/t10-,11+/m0/s1. The van der Waals surface area contributed by atoms with Crippen LogP contribution in [0.25, 0.3) is 0 Å². The Morgan fingerprint density at radius 2 is 2.25 bits per heavy atom. The summed E-state index contributed by atoms with van der Waals surface area (Å²) in [6.45, 7) is 1.97. The first-order valence-electron chi connectivity index (χ1n) is 5.38. The van der Waals surface area contributed by atoms with Gasteiger partial charge in [0.1, 0.15) is 0 Å². The summed E-state index contributed by atoms with van der Waals surface area (Å²) in [5, 5.41) is 3.00. The Balaban J connectivity index is 2.20. The van der Waals surface area contributed by atoms with Gasteiger partial charge in [0.2, 0.25) is 0 Å². The van der Waals surface area contributed by atoms with E-state index in [0.29, 0.717) is 0 Å². The van der Waals surface area contributed by atoms with E-state index in [1.54, 1.807) is 6.20 Å². The van der Waals surface area contributed by atoms with Crippen molar-refractivity contribution in [3.8, 4) is 0 Å². The summed E-state index contributed by atoms with van der Waals surface area (Å²) in [7, 11) is 0. The molecular formula is C13H12N2O. The molecule has 0 aromatic heterocycles. The number of aryl methyl sites for hydroxylation is 1. The fraction of sp³-hybridized carbons (Fsp3) is 0.231. The smallest absolute Gasteiger partial charge is 0.252 e. The lowest BCUT2D eigenvalue weighted by atomic mass is 9.82. The Morgan fingerprint density at radius 3 is 3.12 bits per heavy atom. The highest BCUT2D eigenvalue weighted by Crippen LogP contribution is 2.30. The van der Waals surface area contributed by atoms with Crippen LogP contribution in [0, 0.1) is 6.92 Å². The van der Waals surface area contributed by atoms with Crippen LogP contribution in [0.4, 0.5) is 0 Å². The predicted molar refractivity (Wildman–Crippen MR) is 62.8 cm³/mol. The van der Waals surface area contributed by atoms with Crippen LogP contribution in [0.2, 0.25) is 0 Å². The van der Waals surface area contributed by atoms with Gasteiger partial charge in [-0.2, -0.15) is 0 Å². The number of hydrogen-bond acceptors (Lipinski definition) is 2. The third-order valence-corrected chi connectivity index (χ3v) is 3.20. The van der Waals surface area contributed by atoms with Crippen LogP contribution < -0.4 is 5.32 Å². The van der Waals surface area contributed by atoms with Crippen LogP contribution in [0.5, 0.6) is 0 Å². The lowest BCUT2D eigenvalue weighted by molar-refractivity contribution is 0.0931. The Kier molecular flexibility index (Phi) is 1.93. The van der Waals surface area contributed by atoms with Crippen molar-refractivity contribution in [2.24, 2.45) is 4.99 Å². The van der Waals surface area contributed by atoms with Crippen LogP contribution in [0.1, 0.15) is 27.4 Å². The highest BCUT2D eigenvalue weighted by atomic mass is 16.1. The molecule has 3 rings (SSSR count). The average Bonchev–Trinajstić information content (AvgIpc) is 2.29. The molecule has 0 radical (unpaired) electrons. The highest BCUT2D eigenvalue weighted by Gasteiger charge is 2.32. The minimum absolute atomic E-state index is 0.0225. The number of carbonyl (C=O) groups excluding carboxylic acids is 1. The Hall–Kier alpha value is -1.90. The molecule has 2 aliphatic heterocycles. The average molecular weight is 212 g/mol. The topological polar surface area (TPSA) is 41.5 Å². The zero-order valence-corrected chi connectivity index (χ0v) is 8.97. The highest BCUT2D eigenvalue weighted by molar-refractivity contribution is 6.01. The van der Waals surface area contributed by atoms with Crippen molar-refractivity contribution in [1.82, 2.24) is 5.32 Å². The number of hydrogen-bond donors (Lipinski definition) is 1. The molecule has 16 heavy (non-hydrogen) atoms. The molecule has 0 fully saturated rings. The molecular weight excluding hydrogens is 200 g/mol. The molecule has 0 spiro atoms. The van der Waals surface area contributed by atoms with Gasteiger partial charge in [0, 0.05) is 23.9 Å². The molecule has 2 aliphatic rings. The van der Waals surface area contributed by atoms with E-state index < -0.39 is 0 Å². The molecule has 0 unspecified atom stereocenters. The summed E-state index contributed by atoms with van der Waals surface area (Å²) in [4.78, 5) is 16.1. The normalized spacial score (nSPS) is 25.9. The van der Waals surface area contributed by atoms with E-state index in [1.807, 2.05) is 37.4 Å².